The number of thioether (sulfide) groups is 1. The highest BCUT2D eigenvalue weighted by molar-refractivity contribution is 7.98. The van der Waals surface area contributed by atoms with Crippen LogP contribution >= 0.6 is 23.4 Å². The number of hydrogen-bond acceptors (Lipinski definition) is 5. The van der Waals surface area contributed by atoms with Crippen LogP contribution in [0.3, 0.4) is 0 Å². The van der Waals surface area contributed by atoms with Crippen LogP contribution in [0.15, 0.2) is 52.3 Å². The first-order valence-corrected chi connectivity index (χ1v) is 9.39. The summed E-state index contributed by atoms with van der Waals surface area (Å²) < 4.78 is 23.4. The quantitative estimate of drug-likeness (QED) is 0.460. The van der Waals surface area contributed by atoms with Crippen LogP contribution in [0.25, 0.3) is 0 Å². The Morgan fingerprint density at radius 3 is 2.36 bits per heavy atom. The van der Waals surface area contributed by atoms with Crippen LogP contribution in [0.5, 0.6) is 0 Å². The number of para-hydroxylation sites is 1. The molecule has 5 nitrogen and oxygen atoms in total. The van der Waals surface area contributed by atoms with Gasteiger partial charge in [0.15, 0.2) is 9.84 Å². The lowest BCUT2D eigenvalue weighted by Crippen LogP contribution is -2.03. The van der Waals surface area contributed by atoms with Gasteiger partial charge in [-0.05, 0) is 29.8 Å². The van der Waals surface area contributed by atoms with E-state index in [1.807, 2.05) is 12.1 Å². The van der Waals surface area contributed by atoms with Gasteiger partial charge in [-0.15, -0.1) is 11.8 Å². The van der Waals surface area contributed by atoms with E-state index in [1.165, 1.54) is 23.9 Å². The third-order valence-electron chi connectivity index (χ3n) is 2.85. The van der Waals surface area contributed by atoms with Gasteiger partial charge in [0, 0.05) is 17.0 Å². The third kappa shape index (κ3) is 4.00. The number of nitro benzene ring substituents is 1. The molecule has 2 rings (SSSR count). The Balaban J connectivity index is 2.35. The number of rotatable bonds is 5. The van der Waals surface area contributed by atoms with Gasteiger partial charge in [0.25, 0.3) is 0 Å². The molecule has 0 fully saturated rings. The maximum Gasteiger partial charge on any atom is 0.301 e. The SMILES string of the molecule is CS(=O)(=O)c1cccc(SCc2ccc(Cl)cc2)c1[N+](=O)[O-]. The predicted octanol–water partition coefficient (Wildman–Crippen LogP) is 3.94. The number of halogens is 1. The molecule has 0 saturated heterocycles. The minimum absolute atomic E-state index is 0.265. The smallest absolute Gasteiger partial charge is 0.258 e. The van der Waals surface area contributed by atoms with E-state index >= 15 is 0 Å². The lowest BCUT2D eigenvalue weighted by atomic mass is 10.2. The van der Waals surface area contributed by atoms with Gasteiger partial charge in [-0.2, -0.15) is 0 Å². The molecule has 0 radical (unpaired) electrons. The molecule has 0 aliphatic heterocycles. The minimum atomic E-state index is -3.66. The van der Waals surface area contributed by atoms with Crippen molar-refractivity contribution in [2.45, 2.75) is 15.5 Å². The Morgan fingerprint density at radius 1 is 1.18 bits per heavy atom. The standard InChI is InChI=1S/C14H12ClNO4S2/c1-22(19,20)13-4-2-3-12(14(13)16(17)18)21-9-10-5-7-11(15)8-6-10/h2-8H,9H2,1H3. The van der Waals surface area contributed by atoms with Gasteiger partial charge in [-0.25, -0.2) is 8.42 Å². The first kappa shape index (κ1) is 16.8. The summed E-state index contributed by atoms with van der Waals surface area (Å²) in [5.74, 6) is 0.477. The highest BCUT2D eigenvalue weighted by atomic mass is 35.5. The van der Waals surface area contributed by atoms with E-state index in [1.54, 1.807) is 18.2 Å². The molecule has 0 N–H and O–H groups in total. The Labute approximate surface area is 137 Å². The van der Waals surface area contributed by atoms with E-state index in [0.717, 1.165) is 11.8 Å². The van der Waals surface area contributed by atoms with Crippen molar-refractivity contribution in [1.29, 1.82) is 0 Å². The lowest BCUT2D eigenvalue weighted by Gasteiger charge is -2.07. The van der Waals surface area contributed by atoms with Crippen molar-refractivity contribution in [2.24, 2.45) is 0 Å². The molecule has 116 valence electrons. The summed E-state index contributed by atoms with van der Waals surface area (Å²) in [6.45, 7) is 0. The number of sulfone groups is 1. The third-order valence-corrected chi connectivity index (χ3v) is 5.35. The van der Waals surface area contributed by atoms with Gasteiger partial charge in [-0.3, -0.25) is 10.1 Å². The number of nitro groups is 1. The maximum absolute atomic E-state index is 11.7. The summed E-state index contributed by atoms with van der Waals surface area (Å²) in [4.78, 5) is 10.7. The summed E-state index contributed by atoms with van der Waals surface area (Å²) in [6.07, 6.45) is 0.961. The summed E-state index contributed by atoms with van der Waals surface area (Å²) in [6, 6.07) is 11.4. The highest BCUT2D eigenvalue weighted by Crippen LogP contribution is 2.36. The van der Waals surface area contributed by atoms with Crippen LogP contribution in [-0.2, 0) is 15.6 Å². The van der Waals surface area contributed by atoms with Crippen LogP contribution < -0.4 is 0 Å². The second kappa shape index (κ2) is 6.68. The van der Waals surface area contributed by atoms with Crippen molar-refractivity contribution in [3.05, 3.63) is 63.2 Å². The molecule has 0 aromatic heterocycles. The van der Waals surface area contributed by atoms with Crippen molar-refractivity contribution in [3.8, 4) is 0 Å². The number of hydrogen-bond donors (Lipinski definition) is 0. The molecule has 0 unspecified atom stereocenters. The molecule has 2 aromatic rings. The van der Waals surface area contributed by atoms with Crippen molar-refractivity contribution in [2.75, 3.05) is 6.26 Å². The Kier molecular flexibility index (Phi) is 5.10. The molecule has 0 heterocycles. The second-order valence-corrected chi connectivity index (χ2v) is 7.99. The van der Waals surface area contributed by atoms with Crippen LogP contribution in [0.4, 0.5) is 5.69 Å². The molecule has 0 spiro atoms. The molecule has 22 heavy (non-hydrogen) atoms. The molecule has 0 aliphatic rings. The van der Waals surface area contributed by atoms with Crippen LogP contribution in [0.1, 0.15) is 5.56 Å². The molecule has 8 heteroatoms. The van der Waals surface area contributed by atoms with E-state index in [-0.39, 0.29) is 10.6 Å². The summed E-state index contributed by atoms with van der Waals surface area (Å²) in [7, 11) is -3.66. The van der Waals surface area contributed by atoms with Gasteiger partial charge < -0.3 is 0 Å². The zero-order chi connectivity index (χ0) is 16.3. The fraction of sp³-hybridized carbons (Fsp3) is 0.143. The largest absolute Gasteiger partial charge is 0.301 e. The topological polar surface area (TPSA) is 77.3 Å². The van der Waals surface area contributed by atoms with Crippen molar-refractivity contribution in [1.82, 2.24) is 0 Å². The number of nitrogens with zero attached hydrogens (tertiary/aromatic N) is 1. The zero-order valence-electron chi connectivity index (χ0n) is 11.5. The Morgan fingerprint density at radius 2 is 1.82 bits per heavy atom. The van der Waals surface area contributed by atoms with Gasteiger partial charge in [0.2, 0.25) is 0 Å². The Bertz CT molecular complexity index is 804. The normalized spacial score (nSPS) is 11.4. The average molecular weight is 358 g/mol. The molecule has 2 aromatic carbocycles. The fourth-order valence-electron chi connectivity index (χ4n) is 1.84. The van der Waals surface area contributed by atoms with Gasteiger partial charge in [0.05, 0.1) is 9.82 Å². The van der Waals surface area contributed by atoms with Crippen LogP contribution in [-0.4, -0.2) is 19.6 Å². The molecule has 0 atom stereocenters. The van der Waals surface area contributed by atoms with E-state index in [9.17, 15) is 18.5 Å². The van der Waals surface area contributed by atoms with Crippen molar-refractivity contribution < 1.29 is 13.3 Å². The molecular weight excluding hydrogens is 346 g/mol. The summed E-state index contributed by atoms with van der Waals surface area (Å²) in [5.41, 5.74) is 0.567. The minimum Gasteiger partial charge on any atom is -0.258 e. The zero-order valence-corrected chi connectivity index (χ0v) is 13.9. The highest BCUT2D eigenvalue weighted by Gasteiger charge is 2.26. The molecule has 0 aliphatic carbocycles. The molecule has 0 saturated carbocycles. The maximum atomic E-state index is 11.7. The summed E-state index contributed by atoms with van der Waals surface area (Å²) >= 11 is 7.02. The van der Waals surface area contributed by atoms with Crippen LogP contribution in [0.2, 0.25) is 5.02 Å². The van der Waals surface area contributed by atoms with Crippen LogP contribution in [0, 0.1) is 10.1 Å². The lowest BCUT2D eigenvalue weighted by molar-refractivity contribution is -0.390. The summed E-state index contributed by atoms with van der Waals surface area (Å²) in [5, 5.41) is 11.9. The van der Waals surface area contributed by atoms with Gasteiger partial charge in [0.1, 0.15) is 4.90 Å². The van der Waals surface area contributed by atoms with E-state index in [0.29, 0.717) is 15.7 Å². The number of benzene rings is 2. The fourth-order valence-corrected chi connectivity index (χ4v) is 3.90. The van der Waals surface area contributed by atoms with Gasteiger partial charge in [-0.1, -0.05) is 29.8 Å². The van der Waals surface area contributed by atoms with Crippen molar-refractivity contribution in [3.63, 3.8) is 0 Å². The predicted molar refractivity (Wildman–Crippen MR) is 87.2 cm³/mol. The molecule has 0 amide bonds. The van der Waals surface area contributed by atoms with E-state index in [4.69, 9.17) is 11.6 Å². The monoisotopic (exact) mass is 357 g/mol. The first-order chi connectivity index (χ1) is 10.3. The van der Waals surface area contributed by atoms with E-state index < -0.39 is 14.8 Å². The van der Waals surface area contributed by atoms with Gasteiger partial charge >= 0.3 is 5.69 Å². The molecular formula is C14H12ClNO4S2. The van der Waals surface area contributed by atoms with Crippen molar-refractivity contribution >= 4 is 38.9 Å². The average Bonchev–Trinajstić information content (AvgIpc) is 2.45. The Hall–Kier alpha value is -1.57. The molecule has 0 bridgehead atoms. The first-order valence-electron chi connectivity index (χ1n) is 6.14. The van der Waals surface area contributed by atoms with E-state index in [2.05, 4.69) is 0 Å². The second-order valence-electron chi connectivity index (χ2n) is 4.55.